The van der Waals surface area contributed by atoms with E-state index in [4.69, 9.17) is 0 Å². The van der Waals surface area contributed by atoms with Gasteiger partial charge in [-0.15, -0.1) is 0 Å². The number of benzene rings is 8. The minimum absolute atomic E-state index is 0.633. The molecule has 0 unspecified atom stereocenters. The lowest BCUT2D eigenvalue weighted by Gasteiger charge is -2.26. The topological polar surface area (TPSA) is 44.9 Å². The first-order chi connectivity index (χ1) is 26.7. The Morgan fingerprint density at radius 2 is 1.07 bits per heavy atom. The summed E-state index contributed by atoms with van der Waals surface area (Å²) in [5, 5.41) is 14.6. The Labute approximate surface area is 313 Å². The molecule has 4 nitrogen and oxygen atoms in total. The highest BCUT2D eigenvalue weighted by molar-refractivity contribution is 6.26. The van der Waals surface area contributed by atoms with Crippen molar-refractivity contribution in [2.45, 2.75) is 0 Å². The van der Waals surface area contributed by atoms with Crippen molar-refractivity contribution >= 4 is 49.6 Å². The van der Waals surface area contributed by atoms with E-state index in [2.05, 4.69) is 172 Å². The number of para-hydroxylation sites is 1. The fourth-order valence-electron chi connectivity index (χ4n) is 7.91. The van der Waals surface area contributed by atoms with Gasteiger partial charge in [0.15, 0.2) is 0 Å². The minimum Gasteiger partial charge on any atom is -0.311 e. The minimum atomic E-state index is 0.633. The largest absolute Gasteiger partial charge is 0.311 e. The number of anilines is 3. The molecule has 0 bridgehead atoms. The summed E-state index contributed by atoms with van der Waals surface area (Å²) in [7, 11) is 0. The van der Waals surface area contributed by atoms with Gasteiger partial charge in [-0.05, 0) is 123 Å². The molecule has 10 aromatic rings. The van der Waals surface area contributed by atoms with Crippen LogP contribution in [0.3, 0.4) is 0 Å². The van der Waals surface area contributed by atoms with Crippen LogP contribution in [-0.2, 0) is 0 Å². The second-order valence-electron chi connectivity index (χ2n) is 13.6. The lowest BCUT2D eigenvalue weighted by molar-refractivity contribution is 1.18. The maximum Gasteiger partial charge on any atom is 0.0991 e. The van der Waals surface area contributed by atoms with E-state index in [1.165, 1.54) is 49.4 Å². The van der Waals surface area contributed by atoms with Gasteiger partial charge in [-0.1, -0.05) is 103 Å². The molecule has 10 rings (SSSR count). The SMILES string of the molecule is N#Cc1ccc(N(c2ccc(-c3ccc(-c4ccc5c6c4ccc4cccc(c46)n5-c4ccccc4)cc3)cc2)c2ccc(-c3cccnc3)cc2)cc1. The van der Waals surface area contributed by atoms with E-state index in [0.717, 1.165) is 39.3 Å². The zero-order valence-corrected chi connectivity index (χ0v) is 29.3. The quantitative estimate of drug-likeness (QED) is 0.157. The van der Waals surface area contributed by atoms with Gasteiger partial charge < -0.3 is 9.47 Å². The number of nitriles is 1. The molecule has 2 heterocycles. The van der Waals surface area contributed by atoms with Gasteiger partial charge in [0, 0.05) is 45.9 Å². The van der Waals surface area contributed by atoms with E-state index in [1.54, 1.807) is 6.20 Å². The summed E-state index contributed by atoms with van der Waals surface area (Å²) in [4.78, 5) is 6.50. The molecule has 2 aromatic heterocycles. The van der Waals surface area contributed by atoms with Gasteiger partial charge in [-0.3, -0.25) is 4.98 Å². The molecule has 0 spiro atoms. The van der Waals surface area contributed by atoms with Crippen LogP contribution in [0.2, 0.25) is 0 Å². The van der Waals surface area contributed by atoms with Crippen LogP contribution in [0, 0.1) is 11.3 Å². The van der Waals surface area contributed by atoms with E-state index < -0.39 is 0 Å². The van der Waals surface area contributed by atoms with Crippen LogP contribution >= 0.6 is 0 Å². The summed E-state index contributed by atoms with van der Waals surface area (Å²) in [6.45, 7) is 0. The lowest BCUT2D eigenvalue weighted by atomic mass is 9.93. The highest BCUT2D eigenvalue weighted by atomic mass is 15.1. The zero-order valence-electron chi connectivity index (χ0n) is 29.3. The fraction of sp³-hybridized carbons (Fsp3) is 0. The van der Waals surface area contributed by atoms with Crippen molar-refractivity contribution in [3.05, 3.63) is 200 Å². The maximum absolute atomic E-state index is 9.44. The van der Waals surface area contributed by atoms with Gasteiger partial charge >= 0.3 is 0 Å². The van der Waals surface area contributed by atoms with Crippen LogP contribution < -0.4 is 4.90 Å². The van der Waals surface area contributed by atoms with Crippen LogP contribution in [0.15, 0.2) is 194 Å². The number of nitrogens with zero attached hydrogens (tertiary/aromatic N) is 4. The Bertz CT molecular complexity index is 2940. The lowest BCUT2D eigenvalue weighted by Crippen LogP contribution is -2.09. The molecule has 0 aliphatic carbocycles. The average molecular weight is 689 g/mol. The fourth-order valence-corrected chi connectivity index (χ4v) is 7.91. The Morgan fingerprint density at radius 3 is 1.72 bits per heavy atom. The van der Waals surface area contributed by atoms with Crippen molar-refractivity contribution < 1.29 is 0 Å². The van der Waals surface area contributed by atoms with E-state index in [9.17, 15) is 5.26 Å². The first-order valence-corrected chi connectivity index (χ1v) is 18.1. The van der Waals surface area contributed by atoms with Gasteiger partial charge in [-0.2, -0.15) is 5.26 Å². The van der Waals surface area contributed by atoms with E-state index in [0.29, 0.717) is 5.56 Å². The van der Waals surface area contributed by atoms with Crippen LogP contribution in [0.5, 0.6) is 0 Å². The van der Waals surface area contributed by atoms with E-state index >= 15 is 0 Å². The maximum atomic E-state index is 9.44. The molecule has 0 N–H and O–H groups in total. The van der Waals surface area contributed by atoms with Gasteiger partial charge in [0.1, 0.15) is 0 Å². The van der Waals surface area contributed by atoms with Crippen molar-refractivity contribution in [3.63, 3.8) is 0 Å². The van der Waals surface area contributed by atoms with Gasteiger partial charge in [0.2, 0.25) is 0 Å². The summed E-state index contributed by atoms with van der Waals surface area (Å²) in [6, 6.07) is 66.5. The Morgan fingerprint density at radius 1 is 0.463 bits per heavy atom. The number of hydrogen-bond donors (Lipinski definition) is 0. The zero-order chi connectivity index (χ0) is 36.0. The molecule has 8 aromatic carbocycles. The van der Waals surface area contributed by atoms with Crippen molar-refractivity contribution in [2.75, 3.05) is 4.90 Å². The standard InChI is InChI=1S/C50H32N4/c51-32-34-11-22-42(23-12-34)53(44-26-19-37(20-27-44)40-7-5-31-52-33-40)43-24-17-36(18-25-43)35-13-15-38(16-14-35)45-29-30-48-50-46(45)28-21-39-6-4-10-47(49(39)50)54(48)41-8-2-1-3-9-41/h1-31,33H. The molecule has 0 aliphatic rings. The van der Waals surface area contributed by atoms with Crippen LogP contribution in [0.1, 0.15) is 5.56 Å². The highest BCUT2D eigenvalue weighted by Gasteiger charge is 2.19. The molecule has 4 heteroatoms. The molecular weight excluding hydrogens is 657 g/mol. The van der Waals surface area contributed by atoms with Crippen LogP contribution in [0.25, 0.3) is 71.6 Å². The van der Waals surface area contributed by atoms with Gasteiger partial charge in [-0.25, -0.2) is 0 Å². The molecule has 0 aliphatic heterocycles. The van der Waals surface area contributed by atoms with Crippen molar-refractivity contribution in [3.8, 4) is 45.1 Å². The van der Waals surface area contributed by atoms with Gasteiger partial charge in [0.05, 0.1) is 22.7 Å². The Hall–Kier alpha value is -7.48. The first kappa shape index (κ1) is 31.3. The smallest absolute Gasteiger partial charge is 0.0991 e. The monoisotopic (exact) mass is 688 g/mol. The number of rotatable bonds is 7. The van der Waals surface area contributed by atoms with E-state index in [1.807, 2.05) is 36.5 Å². The summed E-state index contributed by atoms with van der Waals surface area (Å²) in [5.74, 6) is 0. The third-order valence-corrected chi connectivity index (χ3v) is 10.5. The van der Waals surface area contributed by atoms with Gasteiger partial charge in [0.25, 0.3) is 0 Å². The molecule has 54 heavy (non-hydrogen) atoms. The second kappa shape index (κ2) is 12.9. The normalized spacial score (nSPS) is 11.3. The first-order valence-electron chi connectivity index (χ1n) is 18.1. The molecule has 0 amide bonds. The second-order valence-corrected chi connectivity index (χ2v) is 13.6. The third-order valence-electron chi connectivity index (χ3n) is 10.5. The molecule has 0 radical (unpaired) electrons. The molecular formula is C50H32N4. The van der Waals surface area contributed by atoms with E-state index in [-0.39, 0.29) is 0 Å². The molecule has 0 saturated carbocycles. The summed E-state index contributed by atoms with van der Waals surface area (Å²) < 4.78 is 2.39. The molecule has 0 saturated heterocycles. The van der Waals surface area contributed by atoms with Crippen molar-refractivity contribution in [1.29, 1.82) is 5.26 Å². The summed E-state index contributed by atoms with van der Waals surface area (Å²) >= 11 is 0. The summed E-state index contributed by atoms with van der Waals surface area (Å²) in [5.41, 5.74) is 14.2. The van der Waals surface area contributed by atoms with Crippen LogP contribution in [-0.4, -0.2) is 9.55 Å². The number of pyridine rings is 1. The molecule has 0 atom stereocenters. The van der Waals surface area contributed by atoms with Crippen molar-refractivity contribution in [1.82, 2.24) is 9.55 Å². The Balaban J connectivity index is 0.989. The average Bonchev–Trinajstić information content (AvgIpc) is 3.60. The molecule has 0 fully saturated rings. The Kier molecular flexibility index (Phi) is 7.49. The molecule has 252 valence electrons. The third kappa shape index (κ3) is 5.27. The predicted octanol–water partition coefficient (Wildman–Crippen LogP) is 13.1. The number of aromatic nitrogens is 2. The summed E-state index contributed by atoms with van der Waals surface area (Å²) in [6.07, 6.45) is 3.67. The number of hydrogen-bond acceptors (Lipinski definition) is 3. The van der Waals surface area contributed by atoms with Crippen LogP contribution in [0.4, 0.5) is 17.1 Å². The highest BCUT2D eigenvalue weighted by Crippen LogP contribution is 2.43. The predicted molar refractivity (Wildman–Crippen MR) is 223 cm³/mol. The van der Waals surface area contributed by atoms with Crippen molar-refractivity contribution in [2.24, 2.45) is 0 Å².